The predicted molar refractivity (Wildman–Crippen MR) is 63.4 cm³/mol. The van der Waals surface area contributed by atoms with Crippen LogP contribution in [0.15, 0.2) is 0 Å². The molecule has 0 aromatic carbocycles. The molecule has 0 saturated heterocycles. The highest BCUT2D eigenvalue weighted by atomic mass is 16.5. The van der Waals surface area contributed by atoms with Gasteiger partial charge in [-0.05, 0) is 5.92 Å². The van der Waals surface area contributed by atoms with Crippen molar-refractivity contribution in [2.75, 3.05) is 46.6 Å². The van der Waals surface area contributed by atoms with Gasteiger partial charge in [0.25, 0.3) is 0 Å². The number of methoxy groups -OCH3 is 1. The van der Waals surface area contributed by atoms with Crippen LogP contribution in [0.5, 0.6) is 0 Å². The molecule has 0 unspecified atom stereocenters. The molecule has 0 radical (unpaired) electrons. The zero-order valence-corrected chi connectivity index (χ0v) is 10.5. The maximum Gasteiger partial charge on any atom is 0.234 e. The molecule has 96 valence electrons. The van der Waals surface area contributed by atoms with Gasteiger partial charge in [0.05, 0.1) is 19.8 Å². The van der Waals surface area contributed by atoms with Gasteiger partial charge in [0.2, 0.25) is 5.91 Å². The highest BCUT2D eigenvalue weighted by Gasteiger charge is 1.99. The van der Waals surface area contributed by atoms with Crippen LogP contribution < -0.4 is 10.6 Å². The van der Waals surface area contributed by atoms with Crippen LogP contribution in [0.4, 0.5) is 0 Å². The Labute approximate surface area is 97.9 Å². The van der Waals surface area contributed by atoms with Crippen molar-refractivity contribution in [1.29, 1.82) is 0 Å². The molecular weight excluding hydrogens is 208 g/mol. The number of carbonyl (C=O) groups is 1. The van der Waals surface area contributed by atoms with Crippen LogP contribution in [-0.4, -0.2) is 52.5 Å². The molecule has 0 aliphatic carbocycles. The van der Waals surface area contributed by atoms with E-state index in [0.717, 1.165) is 6.61 Å². The summed E-state index contributed by atoms with van der Waals surface area (Å²) < 4.78 is 10.2. The lowest BCUT2D eigenvalue weighted by Gasteiger charge is -2.08. The van der Waals surface area contributed by atoms with Crippen LogP contribution in [-0.2, 0) is 14.3 Å². The highest BCUT2D eigenvalue weighted by Crippen LogP contribution is 1.90. The topological polar surface area (TPSA) is 59.6 Å². The van der Waals surface area contributed by atoms with Crippen molar-refractivity contribution in [3.63, 3.8) is 0 Å². The Morgan fingerprint density at radius 2 is 2.00 bits per heavy atom. The maximum atomic E-state index is 11.2. The average molecular weight is 232 g/mol. The molecule has 0 heterocycles. The summed E-state index contributed by atoms with van der Waals surface area (Å²) in [6, 6.07) is 0. The van der Waals surface area contributed by atoms with Crippen molar-refractivity contribution in [3.05, 3.63) is 0 Å². The van der Waals surface area contributed by atoms with E-state index in [1.54, 1.807) is 7.11 Å². The second kappa shape index (κ2) is 10.9. The minimum Gasteiger partial charge on any atom is -0.383 e. The third-order valence-corrected chi connectivity index (χ3v) is 1.79. The molecule has 5 nitrogen and oxygen atoms in total. The van der Waals surface area contributed by atoms with Crippen molar-refractivity contribution in [2.24, 2.45) is 5.92 Å². The highest BCUT2D eigenvalue weighted by molar-refractivity contribution is 5.77. The fourth-order valence-corrected chi connectivity index (χ4v) is 1.02. The first-order valence-electron chi connectivity index (χ1n) is 5.71. The van der Waals surface area contributed by atoms with Crippen molar-refractivity contribution in [3.8, 4) is 0 Å². The van der Waals surface area contributed by atoms with Crippen molar-refractivity contribution in [1.82, 2.24) is 10.6 Å². The van der Waals surface area contributed by atoms with E-state index in [-0.39, 0.29) is 5.91 Å². The molecule has 0 bridgehead atoms. The monoisotopic (exact) mass is 232 g/mol. The average Bonchev–Trinajstić information content (AvgIpc) is 2.23. The molecule has 0 rings (SSSR count). The summed E-state index contributed by atoms with van der Waals surface area (Å²) in [5, 5.41) is 5.73. The maximum absolute atomic E-state index is 11.2. The van der Waals surface area contributed by atoms with Gasteiger partial charge in [0.15, 0.2) is 0 Å². The van der Waals surface area contributed by atoms with Gasteiger partial charge in [-0.3, -0.25) is 4.79 Å². The summed E-state index contributed by atoms with van der Waals surface area (Å²) >= 11 is 0. The third kappa shape index (κ3) is 11.4. The van der Waals surface area contributed by atoms with E-state index in [0.29, 0.717) is 38.8 Å². The van der Waals surface area contributed by atoms with Gasteiger partial charge in [-0.15, -0.1) is 0 Å². The minimum atomic E-state index is -0.00995. The van der Waals surface area contributed by atoms with E-state index in [9.17, 15) is 4.79 Å². The van der Waals surface area contributed by atoms with E-state index in [2.05, 4.69) is 24.5 Å². The number of ether oxygens (including phenoxy) is 2. The third-order valence-electron chi connectivity index (χ3n) is 1.79. The lowest BCUT2D eigenvalue weighted by Crippen LogP contribution is -2.36. The lowest BCUT2D eigenvalue weighted by molar-refractivity contribution is -0.120. The van der Waals surface area contributed by atoms with Crippen LogP contribution in [0, 0.1) is 5.92 Å². The fourth-order valence-electron chi connectivity index (χ4n) is 1.02. The molecular formula is C11H24N2O3. The molecule has 16 heavy (non-hydrogen) atoms. The zero-order chi connectivity index (χ0) is 12.2. The van der Waals surface area contributed by atoms with E-state index in [1.807, 2.05) is 0 Å². The smallest absolute Gasteiger partial charge is 0.234 e. The Balaban J connectivity index is 3.17. The standard InChI is InChI=1S/C11H24N2O3/c1-10(2)9-16-7-5-13-11(14)8-12-4-6-15-3/h10,12H,4-9H2,1-3H3,(H,13,14). The van der Waals surface area contributed by atoms with Crippen LogP contribution in [0.3, 0.4) is 0 Å². The first kappa shape index (κ1) is 15.3. The van der Waals surface area contributed by atoms with Gasteiger partial charge >= 0.3 is 0 Å². The summed E-state index contributed by atoms with van der Waals surface area (Å²) in [6.07, 6.45) is 0. The number of nitrogens with one attached hydrogen (secondary N) is 2. The Morgan fingerprint density at radius 1 is 1.25 bits per heavy atom. The molecule has 2 N–H and O–H groups in total. The second-order valence-corrected chi connectivity index (χ2v) is 3.99. The minimum absolute atomic E-state index is 0.00995. The Bertz CT molecular complexity index is 175. The summed E-state index contributed by atoms with van der Waals surface area (Å²) in [4.78, 5) is 11.2. The molecule has 0 aromatic rings. The molecule has 0 spiro atoms. The van der Waals surface area contributed by atoms with Gasteiger partial charge in [0.1, 0.15) is 0 Å². The predicted octanol–water partition coefficient (Wildman–Crippen LogP) is 0.0112. The fraction of sp³-hybridized carbons (Fsp3) is 0.909. The lowest BCUT2D eigenvalue weighted by atomic mass is 10.2. The molecule has 0 fully saturated rings. The van der Waals surface area contributed by atoms with Gasteiger partial charge in [0, 0.05) is 26.8 Å². The molecule has 5 heteroatoms. The largest absolute Gasteiger partial charge is 0.383 e. The molecule has 0 aromatic heterocycles. The molecule has 0 atom stereocenters. The Hall–Kier alpha value is -0.650. The molecule has 0 aliphatic rings. The van der Waals surface area contributed by atoms with Crippen molar-refractivity contribution >= 4 is 5.91 Å². The summed E-state index contributed by atoms with van der Waals surface area (Å²) in [7, 11) is 1.63. The number of amides is 1. The zero-order valence-electron chi connectivity index (χ0n) is 10.5. The number of rotatable bonds is 10. The van der Waals surface area contributed by atoms with E-state index < -0.39 is 0 Å². The van der Waals surface area contributed by atoms with E-state index in [4.69, 9.17) is 9.47 Å². The first-order chi connectivity index (χ1) is 7.66. The number of hydrogen-bond donors (Lipinski definition) is 2. The summed E-state index contributed by atoms with van der Waals surface area (Å²) in [5.41, 5.74) is 0. The first-order valence-corrected chi connectivity index (χ1v) is 5.71. The van der Waals surface area contributed by atoms with Gasteiger partial charge < -0.3 is 20.1 Å². The van der Waals surface area contributed by atoms with Gasteiger partial charge in [-0.25, -0.2) is 0 Å². The van der Waals surface area contributed by atoms with Crippen LogP contribution in [0.25, 0.3) is 0 Å². The second-order valence-electron chi connectivity index (χ2n) is 3.99. The van der Waals surface area contributed by atoms with Crippen LogP contribution in [0.2, 0.25) is 0 Å². The SMILES string of the molecule is COCCNCC(=O)NCCOCC(C)C. The summed E-state index contributed by atoms with van der Waals surface area (Å²) in [5.74, 6) is 0.524. The van der Waals surface area contributed by atoms with Gasteiger partial charge in [-0.2, -0.15) is 0 Å². The van der Waals surface area contributed by atoms with E-state index in [1.165, 1.54) is 0 Å². The Morgan fingerprint density at radius 3 is 2.62 bits per heavy atom. The molecule has 0 aliphatic heterocycles. The van der Waals surface area contributed by atoms with Crippen molar-refractivity contribution < 1.29 is 14.3 Å². The molecule has 1 amide bonds. The molecule has 0 saturated carbocycles. The van der Waals surface area contributed by atoms with Crippen molar-refractivity contribution in [2.45, 2.75) is 13.8 Å². The van der Waals surface area contributed by atoms with Crippen LogP contribution >= 0.6 is 0 Å². The Kier molecular flexibility index (Phi) is 10.4. The van der Waals surface area contributed by atoms with E-state index >= 15 is 0 Å². The van der Waals surface area contributed by atoms with Gasteiger partial charge in [-0.1, -0.05) is 13.8 Å². The normalized spacial score (nSPS) is 10.8. The quantitative estimate of drug-likeness (QED) is 0.521. The summed E-state index contributed by atoms with van der Waals surface area (Å²) in [6.45, 7) is 7.70. The number of carbonyl (C=O) groups excluding carboxylic acids is 1. The number of hydrogen-bond acceptors (Lipinski definition) is 4. The van der Waals surface area contributed by atoms with Crippen LogP contribution in [0.1, 0.15) is 13.8 Å².